The number of rotatable bonds is 9. The second kappa shape index (κ2) is 8.02. The maximum atomic E-state index is 11.8. The minimum atomic E-state index is -3.19. The van der Waals surface area contributed by atoms with Crippen molar-refractivity contribution in [1.29, 1.82) is 0 Å². The van der Waals surface area contributed by atoms with E-state index < -0.39 is 15.3 Å². The molecule has 0 rings (SSSR count). The van der Waals surface area contributed by atoms with Crippen LogP contribution >= 0.6 is 0 Å². The first kappa shape index (κ1) is 16.8. The summed E-state index contributed by atoms with van der Waals surface area (Å²) in [5.41, 5.74) is 0. The molecule has 104 valence electrons. The zero-order chi connectivity index (χ0) is 13.5. The predicted molar refractivity (Wildman–Crippen MR) is 72.7 cm³/mol. The summed E-state index contributed by atoms with van der Waals surface area (Å²) in [5.74, 6) is 0. The van der Waals surface area contributed by atoms with E-state index in [1.807, 2.05) is 7.05 Å². The normalized spacial score (nSPS) is 16.1. The van der Waals surface area contributed by atoms with Crippen LogP contribution in [0.1, 0.15) is 27.2 Å². The average molecular weight is 265 g/mol. The molecule has 6 heteroatoms. The van der Waals surface area contributed by atoms with E-state index in [4.69, 9.17) is 0 Å². The molecule has 2 N–H and O–H groups in total. The Morgan fingerprint density at radius 2 is 1.88 bits per heavy atom. The van der Waals surface area contributed by atoms with Gasteiger partial charge in [0.15, 0.2) is 0 Å². The SMILES string of the molecule is CCC(C)N(C)CCNS(=O)(=O)C(C)CNC. The highest BCUT2D eigenvalue weighted by atomic mass is 32.2. The molecule has 0 aliphatic heterocycles. The fourth-order valence-electron chi connectivity index (χ4n) is 1.44. The van der Waals surface area contributed by atoms with Gasteiger partial charge in [-0.2, -0.15) is 0 Å². The quantitative estimate of drug-likeness (QED) is 0.627. The van der Waals surface area contributed by atoms with Gasteiger partial charge in [0.1, 0.15) is 0 Å². The Kier molecular flexibility index (Phi) is 7.94. The Labute approximate surface area is 106 Å². The van der Waals surface area contributed by atoms with E-state index in [9.17, 15) is 8.42 Å². The summed E-state index contributed by atoms with van der Waals surface area (Å²) >= 11 is 0. The molecule has 0 saturated heterocycles. The fourth-order valence-corrected chi connectivity index (χ4v) is 2.48. The molecule has 17 heavy (non-hydrogen) atoms. The van der Waals surface area contributed by atoms with Crippen molar-refractivity contribution >= 4 is 10.0 Å². The van der Waals surface area contributed by atoms with Crippen LogP contribution in [0.15, 0.2) is 0 Å². The summed E-state index contributed by atoms with van der Waals surface area (Å²) in [6.07, 6.45) is 1.07. The van der Waals surface area contributed by atoms with Crippen molar-refractivity contribution in [3.63, 3.8) is 0 Å². The van der Waals surface area contributed by atoms with Gasteiger partial charge < -0.3 is 10.2 Å². The lowest BCUT2D eigenvalue weighted by molar-refractivity contribution is 0.256. The van der Waals surface area contributed by atoms with E-state index in [1.165, 1.54) is 0 Å². The van der Waals surface area contributed by atoms with Crippen molar-refractivity contribution in [2.75, 3.05) is 33.7 Å². The monoisotopic (exact) mass is 265 g/mol. The van der Waals surface area contributed by atoms with Gasteiger partial charge in [-0.05, 0) is 34.4 Å². The minimum absolute atomic E-state index is 0.401. The van der Waals surface area contributed by atoms with Crippen molar-refractivity contribution in [1.82, 2.24) is 14.9 Å². The summed E-state index contributed by atoms with van der Waals surface area (Å²) < 4.78 is 26.2. The molecule has 0 bridgehead atoms. The van der Waals surface area contributed by atoms with Crippen LogP contribution in [0, 0.1) is 0 Å². The van der Waals surface area contributed by atoms with Crippen LogP contribution < -0.4 is 10.0 Å². The molecule has 0 radical (unpaired) electrons. The second-order valence-electron chi connectivity index (χ2n) is 4.55. The zero-order valence-corrected chi connectivity index (χ0v) is 12.5. The molecule has 0 spiro atoms. The summed E-state index contributed by atoms with van der Waals surface area (Å²) in [7, 11) is 0.576. The standard InChI is InChI=1S/C11H27N3O2S/c1-6-10(2)14(5)8-7-13-17(15,16)11(3)9-12-4/h10-13H,6-9H2,1-5H3. The summed E-state index contributed by atoms with van der Waals surface area (Å²) in [6, 6.07) is 0.481. The number of hydrogen-bond donors (Lipinski definition) is 2. The van der Waals surface area contributed by atoms with Gasteiger partial charge in [0.2, 0.25) is 10.0 Å². The Morgan fingerprint density at radius 3 is 2.35 bits per heavy atom. The maximum Gasteiger partial charge on any atom is 0.215 e. The van der Waals surface area contributed by atoms with Gasteiger partial charge in [0.25, 0.3) is 0 Å². The maximum absolute atomic E-state index is 11.8. The van der Waals surface area contributed by atoms with Gasteiger partial charge in [-0.15, -0.1) is 0 Å². The Morgan fingerprint density at radius 1 is 1.29 bits per heavy atom. The lowest BCUT2D eigenvalue weighted by atomic mass is 10.2. The third-order valence-electron chi connectivity index (χ3n) is 3.13. The van der Waals surface area contributed by atoms with Gasteiger partial charge >= 0.3 is 0 Å². The second-order valence-corrected chi connectivity index (χ2v) is 6.73. The lowest BCUT2D eigenvalue weighted by Gasteiger charge is -2.23. The Hall–Kier alpha value is -0.170. The van der Waals surface area contributed by atoms with Crippen LogP contribution in [-0.4, -0.2) is 58.3 Å². The van der Waals surface area contributed by atoms with Gasteiger partial charge in [-0.3, -0.25) is 0 Å². The summed E-state index contributed by atoms with van der Waals surface area (Å²) in [6.45, 7) is 7.64. The molecule has 0 aliphatic carbocycles. The highest BCUT2D eigenvalue weighted by molar-refractivity contribution is 7.90. The molecule has 0 aromatic rings. The molecule has 0 saturated carbocycles. The zero-order valence-electron chi connectivity index (χ0n) is 11.7. The lowest BCUT2D eigenvalue weighted by Crippen LogP contribution is -2.42. The Bertz CT molecular complexity index is 293. The molecule has 0 amide bonds. The largest absolute Gasteiger partial charge is 0.318 e. The fraction of sp³-hybridized carbons (Fsp3) is 1.00. The number of hydrogen-bond acceptors (Lipinski definition) is 4. The van der Waals surface area contributed by atoms with Gasteiger partial charge in [0.05, 0.1) is 5.25 Å². The molecule has 0 aliphatic rings. The van der Waals surface area contributed by atoms with Crippen LogP contribution in [0.25, 0.3) is 0 Å². The van der Waals surface area contributed by atoms with Crippen molar-refractivity contribution in [2.24, 2.45) is 0 Å². The molecule has 0 heterocycles. The van der Waals surface area contributed by atoms with E-state index in [1.54, 1.807) is 14.0 Å². The van der Waals surface area contributed by atoms with Crippen LogP contribution in [0.3, 0.4) is 0 Å². The molecular formula is C11H27N3O2S. The first-order valence-corrected chi connectivity index (χ1v) is 7.73. The molecule has 0 aromatic carbocycles. The third kappa shape index (κ3) is 6.35. The van der Waals surface area contributed by atoms with Gasteiger partial charge in [-0.1, -0.05) is 6.92 Å². The minimum Gasteiger partial charge on any atom is -0.318 e. The third-order valence-corrected chi connectivity index (χ3v) is 4.96. The van der Waals surface area contributed by atoms with Crippen LogP contribution in [0.5, 0.6) is 0 Å². The highest BCUT2D eigenvalue weighted by Gasteiger charge is 2.19. The molecule has 2 unspecified atom stereocenters. The van der Waals surface area contributed by atoms with Crippen LogP contribution in [0.2, 0.25) is 0 Å². The average Bonchev–Trinajstić information content (AvgIpc) is 2.27. The molecule has 0 fully saturated rings. The van der Waals surface area contributed by atoms with E-state index >= 15 is 0 Å². The smallest absolute Gasteiger partial charge is 0.215 e. The summed E-state index contributed by atoms with van der Waals surface area (Å²) in [4.78, 5) is 2.16. The topological polar surface area (TPSA) is 61.4 Å². The van der Waals surface area contributed by atoms with Crippen LogP contribution in [0.4, 0.5) is 0 Å². The van der Waals surface area contributed by atoms with Crippen LogP contribution in [-0.2, 0) is 10.0 Å². The van der Waals surface area contributed by atoms with Crippen molar-refractivity contribution < 1.29 is 8.42 Å². The number of nitrogens with zero attached hydrogens (tertiary/aromatic N) is 1. The molecule has 2 atom stereocenters. The molecule has 0 aromatic heterocycles. The highest BCUT2D eigenvalue weighted by Crippen LogP contribution is 2.00. The first-order chi connectivity index (χ1) is 7.85. The van der Waals surface area contributed by atoms with Crippen molar-refractivity contribution in [3.05, 3.63) is 0 Å². The first-order valence-electron chi connectivity index (χ1n) is 6.18. The summed E-state index contributed by atoms with van der Waals surface area (Å²) in [5, 5.41) is 2.47. The van der Waals surface area contributed by atoms with Crippen molar-refractivity contribution in [3.8, 4) is 0 Å². The van der Waals surface area contributed by atoms with E-state index in [2.05, 4.69) is 28.8 Å². The van der Waals surface area contributed by atoms with E-state index in [0.29, 0.717) is 19.1 Å². The van der Waals surface area contributed by atoms with E-state index in [-0.39, 0.29) is 0 Å². The number of nitrogens with one attached hydrogen (secondary N) is 2. The van der Waals surface area contributed by atoms with Gasteiger partial charge in [-0.25, -0.2) is 13.1 Å². The molecular weight excluding hydrogens is 238 g/mol. The number of sulfonamides is 1. The predicted octanol–water partition coefficient (Wildman–Crippen LogP) is 0.244. The molecule has 5 nitrogen and oxygen atoms in total. The van der Waals surface area contributed by atoms with Gasteiger partial charge in [0, 0.05) is 25.7 Å². The Balaban J connectivity index is 4.03. The number of likely N-dealkylation sites (N-methyl/N-ethyl adjacent to an activating group) is 1. The van der Waals surface area contributed by atoms with Crippen molar-refractivity contribution in [2.45, 2.75) is 38.5 Å². The van der Waals surface area contributed by atoms with E-state index in [0.717, 1.165) is 13.0 Å².